The van der Waals surface area contributed by atoms with Gasteiger partial charge in [0.1, 0.15) is 10.7 Å². The third kappa shape index (κ3) is 3.82. The van der Waals surface area contributed by atoms with Crippen molar-refractivity contribution in [2.45, 2.75) is 32.4 Å². The Bertz CT molecular complexity index is 499. The number of hydrogen-bond donors (Lipinski definition) is 1. The Labute approximate surface area is 108 Å². The Balaban J connectivity index is 3.30. The number of carbonyl (C=O) groups is 1. The number of halogens is 1. The molecule has 0 atom stereocenters. The molecular weight excluding hydrogens is 260 g/mol. The van der Waals surface area contributed by atoms with Gasteiger partial charge in [0.05, 0.1) is 5.75 Å². The van der Waals surface area contributed by atoms with E-state index in [1.807, 2.05) is 13.0 Å². The molecule has 0 saturated heterocycles. The van der Waals surface area contributed by atoms with Gasteiger partial charge in [0.2, 0.25) is 0 Å². The fourth-order valence-corrected chi connectivity index (χ4v) is 2.59. The van der Waals surface area contributed by atoms with E-state index < -0.39 is 15.9 Å². The predicted octanol–water partition coefficient (Wildman–Crippen LogP) is 2.44. The van der Waals surface area contributed by atoms with Gasteiger partial charge in [-0.1, -0.05) is 19.4 Å². The SMILES string of the molecule is CCCc1cc(C)c(C(=O)Cl)cc1C[SH](=O)=O. The summed E-state index contributed by atoms with van der Waals surface area (Å²) in [7, 11) is -2.50. The summed E-state index contributed by atoms with van der Waals surface area (Å²) in [5.74, 6) is -0.0396. The summed E-state index contributed by atoms with van der Waals surface area (Å²) in [6.07, 6.45) is 1.73. The summed E-state index contributed by atoms with van der Waals surface area (Å²) in [6, 6.07) is 3.45. The van der Waals surface area contributed by atoms with Gasteiger partial charge in [-0.25, -0.2) is 8.42 Å². The molecule has 1 rings (SSSR count). The third-order valence-electron chi connectivity index (χ3n) is 2.58. The van der Waals surface area contributed by atoms with Crippen LogP contribution < -0.4 is 0 Å². The van der Waals surface area contributed by atoms with Crippen LogP contribution in [0.5, 0.6) is 0 Å². The summed E-state index contributed by atoms with van der Waals surface area (Å²) < 4.78 is 21.6. The molecule has 0 unspecified atom stereocenters. The van der Waals surface area contributed by atoms with E-state index in [9.17, 15) is 13.2 Å². The van der Waals surface area contributed by atoms with Crippen LogP contribution in [-0.4, -0.2) is 13.7 Å². The molecule has 0 radical (unpaired) electrons. The minimum absolute atomic E-state index is 0.0396. The van der Waals surface area contributed by atoms with Crippen molar-refractivity contribution in [1.29, 1.82) is 0 Å². The van der Waals surface area contributed by atoms with Crippen molar-refractivity contribution in [1.82, 2.24) is 0 Å². The Kier molecular flexibility index (Phi) is 5.15. The predicted molar refractivity (Wildman–Crippen MR) is 69.4 cm³/mol. The fraction of sp³-hybridized carbons (Fsp3) is 0.417. The van der Waals surface area contributed by atoms with Crippen LogP contribution in [0, 0.1) is 6.92 Å². The minimum Gasteiger partial charge on any atom is -0.276 e. The van der Waals surface area contributed by atoms with Crippen molar-refractivity contribution in [3.8, 4) is 0 Å². The molecule has 0 saturated carbocycles. The van der Waals surface area contributed by atoms with Gasteiger partial charge in [-0.2, -0.15) is 0 Å². The Morgan fingerprint density at radius 2 is 1.94 bits per heavy atom. The highest BCUT2D eigenvalue weighted by Crippen LogP contribution is 2.20. The molecule has 0 bridgehead atoms. The highest BCUT2D eigenvalue weighted by atomic mass is 35.5. The molecule has 3 nitrogen and oxygen atoms in total. The van der Waals surface area contributed by atoms with Gasteiger partial charge in [0, 0.05) is 5.56 Å². The first-order valence-electron chi connectivity index (χ1n) is 5.39. The standard InChI is InChI=1S/C12H15ClO3S/c1-3-4-9-5-8(2)11(12(13)14)6-10(9)7-17(15)16/h5-6,17H,3-4,7H2,1-2H3. The zero-order valence-electron chi connectivity index (χ0n) is 9.83. The van der Waals surface area contributed by atoms with Crippen LogP contribution in [0.2, 0.25) is 0 Å². The number of hydrogen-bond acceptors (Lipinski definition) is 3. The number of thiol groups is 1. The molecule has 0 N–H and O–H groups in total. The van der Waals surface area contributed by atoms with E-state index in [1.54, 1.807) is 13.0 Å². The molecule has 0 heterocycles. The molecule has 0 fully saturated rings. The molecular formula is C12H15ClO3S. The third-order valence-corrected chi connectivity index (χ3v) is 3.38. The summed E-state index contributed by atoms with van der Waals surface area (Å²) in [5.41, 5.74) is 2.83. The van der Waals surface area contributed by atoms with Crippen molar-refractivity contribution in [2.24, 2.45) is 0 Å². The average Bonchev–Trinajstić information content (AvgIpc) is 2.21. The van der Waals surface area contributed by atoms with Gasteiger partial charge in [-0.05, 0) is 47.7 Å². The Hall–Kier alpha value is -0.870. The van der Waals surface area contributed by atoms with E-state index in [4.69, 9.17) is 11.6 Å². The lowest BCUT2D eigenvalue weighted by Gasteiger charge is -2.10. The van der Waals surface area contributed by atoms with E-state index in [-0.39, 0.29) is 5.75 Å². The largest absolute Gasteiger partial charge is 0.276 e. The smallest absolute Gasteiger partial charge is 0.252 e. The molecule has 0 aliphatic rings. The fourth-order valence-electron chi connectivity index (χ4n) is 1.81. The van der Waals surface area contributed by atoms with Gasteiger partial charge in [-0.15, -0.1) is 0 Å². The first-order valence-corrected chi connectivity index (χ1v) is 7.13. The molecule has 0 spiro atoms. The molecule has 0 aliphatic carbocycles. The second kappa shape index (κ2) is 6.17. The zero-order chi connectivity index (χ0) is 13.0. The maximum absolute atomic E-state index is 11.2. The molecule has 1 aromatic rings. The minimum atomic E-state index is -2.50. The van der Waals surface area contributed by atoms with Crippen LogP contribution in [-0.2, 0) is 22.9 Å². The highest BCUT2D eigenvalue weighted by Gasteiger charge is 2.11. The second-order valence-corrected chi connectivity index (χ2v) is 5.28. The van der Waals surface area contributed by atoms with Crippen molar-refractivity contribution in [3.05, 3.63) is 34.4 Å². The number of aryl methyl sites for hydroxylation is 2. The number of benzene rings is 1. The quantitative estimate of drug-likeness (QED) is 0.663. The summed E-state index contributed by atoms with van der Waals surface area (Å²) in [6.45, 7) is 3.83. The van der Waals surface area contributed by atoms with Gasteiger partial charge < -0.3 is 0 Å². The van der Waals surface area contributed by atoms with Crippen LogP contribution >= 0.6 is 11.6 Å². The first-order chi connectivity index (χ1) is 7.95. The van der Waals surface area contributed by atoms with E-state index in [1.165, 1.54) is 0 Å². The van der Waals surface area contributed by atoms with E-state index in [0.29, 0.717) is 11.1 Å². The Morgan fingerprint density at radius 1 is 1.29 bits per heavy atom. The molecule has 0 amide bonds. The first kappa shape index (κ1) is 14.2. The number of carbonyl (C=O) groups excluding carboxylic acids is 1. The van der Waals surface area contributed by atoms with Crippen molar-refractivity contribution in [2.75, 3.05) is 0 Å². The van der Waals surface area contributed by atoms with Crippen molar-refractivity contribution >= 4 is 27.5 Å². The summed E-state index contributed by atoms with van der Waals surface area (Å²) >= 11 is 5.46. The highest BCUT2D eigenvalue weighted by molar-refractivity contribution is 7.71. The normalized spacial score (nSPS) is 10.8. The van der Waals surface area contributed by atoms with Gasteiger partial charge in [-0.3, -0.25) is 4.79 Å². The lowest BCUT2D eigenvalue weighted by Crippen LogP contribution is -2.02. The molecule has 5 heteroatoms. The lowest BCUT2D eigenvalue weighted by molar-refractivity contribution is 0.108. The van der Waals surface area contributed by atoms with Gasteiger partial charge in [0.15, 0.2) is 0 Å². The monoisotopic (exact) mass is 274 g/mol. The zero-order valence-corrected chi connectivity index (χ0v) is 11.5. The maximum atomic E-state index is 11.2. The number of rotatable bonds is 5. The van der Waals surface area contributed by atoms with E-state index in [2.05, 4.69) is 0 Å². The lowest BCUT2D eigenvalue weighted by atomic mass is 9.98. The van der Waals surface area contributed by atoms with Crippen LogP contribution in [0.4, 0.5) is 0 Å². The molecule has 0 aromatic heterocycles. The summed E-state index contributed by atoms with van der Waals surface area (Å²) in [5, 5.41) is -0.548. The van der Waals surface area contributed by atoms with Crippen molar-refractivity contribution < 1.29 is 13.2 Å². The van der Waals surface area contributed by atoms with Gasteiger partial charge in [0.25, 0.3) is 5.24 Å². The van der Waals surface area contributed by atoms with Crippen LogP contribution in [0.15, 0.2) is 12.1 Å². The van der Waals surface area contributed by atoms with E-state index >= 15 is 0 Å². The maximum Gasteiger partial charge on any atom is 0.252 e. The second-order valence-electron chi connectivity index (χ2n) is 3.95. The topological polar surface area (TPSA) is 51.2 Å². The molecule has 94 valence electrons. The van der Waals surface area contributed by atoms with Crippen LogP contribution in [0.1, 0.15) is 40.4 Å². The molecule has 17 heavy (non-hydrogen) atoms. The average molecular weight is 275 g/mol. The van der Waals surface area contributed by atoms with E-state index in [0.717, 1.165) is 24.0 Å². The molecule has 1 aromatic carbocycles. The van der Waals surface area contributed by atoms with Gasteiger partial charge >= 0.3 is 0 Å². The Morgan fingerprint density at radius 3 is 2.41 bits per heavy atom. The van der Waals surface area contributed by atoms with Crippen molar-refractivity contribution in [3.63, 3.8) is 0 Å². The summed E-state index contributed by atoms with van der Waals surface area (Å²) in [4.78, 5) is 11.2. The van der Waals surface area contributed by atoms with Crippen LogP contribution in [0.25, 0.3) is 0 Å². The molecule has 0 aliphatic heterocycles. The van der Waals surface area contributed by atoms with Crippen LogP contribution in [0.3, 0.4) is 0 Å².